The third kappa shape index (κ3) is 5.07. The van der Waals surface area contributed by atoms with Gasteiger partial charge in [-0.15, -0.1) is 0 Å². The molecule has 2 aromatic rings. The van der Waals surface area contributed by atoms with Crippen molar-refractivity contribution in [1.29, 1.82) is 0 Å². The topological polar surface area (TPSA) is 21.3 Å². The Labute approximate surface area is 132 Å². The summed E-state index contributed by atoms with van der Waals surface area (Å²) in [5.74, 6) is 2.27. The second-order valence-electron chi connectivity index (χ2n) is 5.70. The average molecular weight is 304 g/mol. The Morgan fingerprint density at radius 2 is 1.95 bits per heavy atom. The van der Waals surface area contributed by atoms with Crippen LogP contribution in [0.1, 0.15) is 25.0 Å². The molecular weight excluding hydrogens is 282 g/mol. The van der Waals surface area contributed by atoms with E-state index in [1.165, 1.54) is 5.56 Å². The number of hydrogen-bond acceptors (Lipinski definition) is 2. The molecule has 3 heteroatoms. The number of aryl methyl sites for hydroxylation is 1. The van der Waals surface area contributed by atoms with Gasteiger partial charge in [0.1, 0.15) is 11.5 Å². The Balaban J connectivity index is 2.15. The maximum Gasteiger partial charge on any atom is 0.133 e. The summed E-state index contributed by atoms with van der Waals surface area (Å²) in [6.45, 7) is 8.19. The Bertz CT molecular complexity index is 596. The molecule has 0 aliphatic carbocycles. The van der Waals surface area contributed by atoms with Crippen LogP contribution in [0.5, 0.6) is 11.5 Å². The Morgan fingerprint density at radius 1 is 1.14 bits per heavy atom. The van der Waals surface area contributed by atoms with Gasteiger partial charge < -0.3 is 10.1 Å². The second kappa shape index (κ2) is 7.48. The lowest BCUT2D eigenvalue weighted by Crippen LogP contribution is -2.19. The van der Waals surface area contributed by atoms with E-state index in [1.54, 1.807) is 0 Å². The van der Waals surface area contributed by atoms with Crippen molar-refractivity contribution in [2.24, 2.45) is 5.92 Å². The lowest BCUT2D eigenvalue weighted by molar-refractivity contribution is 0.469. The van der Waals surface area contributed by atoms with Gasteiger partial charge >= 0.3 is 0 Å². The first kappa shape index (κ1) is 15.9. The first-order chi connectivity index (χ1) is 10.0. The van der Waals surface area contributed by atoms with Crippen LogP contribution in [-0.2, 0) is 6.54 Å². The molecule has 0 saturated carbocycles. The summed E-state index contributed by atoms with van der Waals surface area (Å²) in [6.07, 6.45) is 0. The summed E-state index contributed by atoms with van der Waals surface area (Å²) in [6, 6.07) is 13.8. The number of hydrogen-bond donors (Lipinski definition) is 1. The predicted octanol–water partition coefficient (Wildman–Crippen LogP) is 5.19. The predicted molar refractivity (Wildman–Crippen MR) is 89.2 cm³/mol. The maximum atomic E-state index is 6.10. The zero-order chi connectivity index (χ0) is 15.2. The number of nitrogens with one attached hydrogen (secondary N) is 1. The van der Waals surface area contributed by atoms with Crippen LogP contribution in [-0.4, -0.2) is 6.54 Å². The highest BCUT2D eigenvalue weighted by Gasteiger charge is 2.07. The summed E-state index contributed by atoms with van der Waals surface area (Å²) in [5, 5.41) is 4.12. The average Bonchev–Trinajstić information content (AvgIpc) is 2.41. The van der Waals surface area contributed by atoms with Gasteiger partial charge in [-0.05, 0) is 49.2 Å². The third-order valence-corrected chi connectivity index (χ3v) is 3.35. The molecule has 0 amide bonds. The second-order valence-corrected chi connectivity index (χ2v) is 6.13. The Kier molecular flexibility index (Phi) is 5.66. The molecule has 0 fully saturated rings. The van der Waals surface area contributed by atoms with Gasteiger partial charge in [-0.25, -0.2) is 0 Å². The van der Waals surface area contributed by atoms with Crippen molar-refractivity contribution in [1.82, 2.24) is 5.32 Å². The van der Waals surface area contributed by atoms with Gasteiger partial charge in [0.25, 0.3) is 0 Å². The highest BCUT2D eigenvalue weighted by molar-refractivity contribution is 6.30. The van der Waals surface area contributed by atoms with Gasteiger partial charge in [0.05, 0.1) is 0 Å². The molecule has 2 nitrogen and oxygen atoms in total. The smallest absolute Gasteiger partial charge is 0.133 e. The van der Waals surface area contributed by atoms with Crippen LogP contribution in [0.3, 0.4) is 0 Å². The number of halogens is 1. The van der Waals surface area contributed by atoms with Crippen molar-refractivity contribution in [3.8, 4) is 11.5 Å². The number of ether oxygens (including phenoxy) is 1. The summed E-state index contributed by atoms with van der Waals surface area (Å²) in [4.78, 5) is 0. The van der Waals surface area contributed by atoms with E-state index in [1.807, 2.05) is 36.4 Å². The fourth-order valence-corrected chi connectivity index (χ4v) is 2.23. The minimum atomic E-state index is 0.624. The Morgan fingerprint density at radius 3 is 2.67 bits per heavy atom. The van der Waals surface area contributed by atoms with Gasteiger partial charge in [0.2, 0.25) is 0 Å². The van der Waals surface area contributed by atoms with E-state index in [-0.39, 0.29) is 0 Å². The van der Waals surface area contributed by atoms with Crippen molar-refractivity contribution in [2.45, 2.75) is 27.3 Å². The molecule has 112 valence electrons. The minimum Gasteiger partial charge on any atom is -0.457 e. The van der Waals surface area contributed by atoms with E-state index in [4.69, 9.17) is 16.3 Å². The van der Waals surface area contributed by atoms with Gasteiger partial charge in [-0.3, -0.25) is 0 Å². The monoisotopic (exact) mass is 303 g/mol. The lowest BCUT2D eigenvalue weighted by atomic mass is 10.1. The van der Waals surface area contributed by atoms with Crippen molar-refractivity contribution in [3.63, 3.8) is 0 Å². The van der Waals surface area contributed by atoms with Crippen LogP contribution in [0.15, 0.2) is 42.5 Å². The lowest BCUT2D eigenvalue weighted by Gasteiger charge is -2.13. The van der Waals surface area contributed by atoms with Crippen LogP contribution in [0.4, 0.5) is 0 Å². The molecule has 0 radical (unpaired) electrons. The van der Waals surface area contributed by atoms with Crippen molar-refractivity contribution < 1.29 is 4.74 Å². The van der Waals surface area contributed by atoms with Crippen LogP contribution < -0.4 is 10.1 Å². The van der Waals surface area contributed by atoms with Crippen LogP contribution in [0.2, 0.25) is 5.02 Å². The summed E-state index contributed by atoms with van der Waals surface area (Å²) in [5.41, 5.74) is 2.29. The first-order valence-electron chi connectivity index (χ1n) is 7.28. The SMILES string of the molecule is Cc1cccc(Oc2cc(Cl)ccc2CNCC(C)C)c1. The van der Waals surface area contributed by atoms with Crippen molar-refractivity contribution in [2.75, 3.05) is 6.54 Å². The maximum absolute atomic E-state index is 6.10. The summed E-state index contributed by atoms with van der Waals surface area (Å²) < 4.78 is 6.00. The van der Waals surface area contributed by atoms with Gasteiger partial charge in [-0.2, -0.15) is 0 Å². The number of rotatable bonds is 6. The van der Waals surface area contributed by atoms with E-state index in [9.17, 15) is 0 Å². The van der Waals surface area contributed by atoms with Gasteiger partial charge in [0.15, 0.2) is 0 Å². The molecule has 0 heterocycles. The molecule has 0 saturated heterocycles. The fourth-order valence-electron chi connectivity index (χ4n) is 2.07. The third-order valence-electron chi connectivity index (χ3n) is 3.11. The Hall–Kier alpha value is -1.51. The molecule has 0 aliphatic rings. The molecule has 0 aromatic heterocycles. The molecule has 0 unspecified atom stereocenters. The molecule has 0 bridgehead atoms. The van der Waals surface area contributed by atoms with E-state index in [0.717, 1.165) is 30.2 Å². The standard InChI is InChI=1S/C18H22ClNO/c1-13(2)11-20-12-15-7-8-16(19)10-18(15)21-17-6-4-5-14(3)9-17/h4-10,13,20H,11-12H2,1-3H3. The fraction of sp³-hybridized carbons (Fsp3) is 0.333. The van der Waals surface area contributed by atoms with Gasteiger partial charge in [-0.1, -0.05) is 43.6 Å². The molecular formula is C18H22ClNO. The van der Waals surface area contributed by atoms with Gasteiger partial charge in [0, 0.05) is 17.1 Å². The van der Waals surface area contributed by atoms with Crippen LogP contribution >= 0.6 is 11.6 Å². The molecule has 0 aliphatic heterocycles. The van der Waals surface area contributed by atoms with E-state index in [2.05, 4.69) is 32.2 Å². The van der Waals surface area contributed by atoms with Crippen molar-refractivity contribution in [3.05, 3.63) is 58.6 Å². The first-order valence-corrected chi connectivity index (χ1v) is 7.66. The molecule has 2 aromatic carbocycles. The summed E-state index contributed by atoms with van der Waals surface area (Å²) in [7, 11) is 0. The quantitative estimate of drug-likeness (QED) is 0.793. The zero-order valence-electron chi connectivity index (χ0n) is 12.8. The van der Waals surface area contributed by atoms with E-state index < -0.39 is 0 Å². The highest BCUT2D eigenvalue weighted by atomic mass is 35.5. The van der Waals surface area contributed by atoms with Crippen molar-refractivity contribution >= 4 is 11.6 Å². The largest absolute Gasteiger partial charge is 0.457 e. The van der Waals surface area contributed by atoms with Crippen LogP contribution in [0.25, 0.3) is 0 Å². The van der Waals surface area contributed by atoms with E-state index >= 15 is 0 Å². The summed E-state index contributed by atoms with van der Waals surface area (Å²) >= 11 is 6.10. The molecule has 2 rings (SSSR count). The number of benzene rings is 2. The zero-order valence-corrected chi connectivity index (χ0v) is 13.6. The molecule has 1 N–H and O–H groups in total. The molecule has 0 spiro atoms. The van der Waals surface area contributed by atoms with Crippen LogP contribution in [0, 0.1) is 12.8 Å². The van der Waals surface area contributed by atoms with E-state index in [0.29, 0.717) is 10.9 Å². The molecule has 0 atom stereocenters. The minimum absolute atomic E-state index is 0.624. The normalized spacial score (nSPS) is 10.9. The highest BCUT2D eigenvalue weighted by Crippen LogP contribution is 2.29. The molecule has 21 heavy (non-hydrogen) atoms.